The van der Waals surface area contributed by atoms with Crippen LogP contribution < -0.4 is 0 Å². The number of nitrogens with zero attached hydrogens (tertiary/aromatic N) is 2. The molecule has 0 bridgehead atoms. The average molecular weight is 298 g/mol. The quantitative estimate of drug-likeness (QED) is 0.520. The Morgan fingerprint density at radius 3 is 2.50 bits per heavy atom. The summed E-state index contributed by atoms with van der Waals surface area (Å²) in [7, 11) is 0. The molecule has 0 spiro atoms. The van der Waals surface area contributed by atoms with Crippen molar-refractivity contribution < 1.29 is 10.0 Å². The summed E-state index contributed by atoms with van der Waals surface area (Å²) in [5.74, 6) is -0.0393. The van der Waals surface area contributed by atoms with Gasteiger partial charge in [-0.1, -0.05) is 39.0 Å². The second-order valence-corrected chi connectivity index (χ2v) is 6.03. The number of para-hydroxylation sites is 1. The third kappa shape index (κ3) is 3.49. The number of nitro benzene ring substituents is 1. The van der Waals surface area contributed by atoms with Crippen molar-refractivity contribution in [1.82, 2.24) is 0 Å². The van der Waals surface area contributed by atoms with Crippen molar-refractivity contribution >= 4 is 17.6 Å². The fraction of sp³-hybridized carbons (Fsp3) is 0.235. The van der Waals surface area contributed by atoms with Crippen LogP contribution in [0.4, 0.5) is 11.4 Å². The summed E-state index contributed by atoms with van der Waals surface area (Å²) in [6, 6.07) is 11.6. The molecule has 0 saturated heterocycles. The molecule has 5 nitrogen and oxygen atoms in total. The molecule has 0 fully saturated rings. The van der Waals surface area contributed by atoms with Gasteiger partial charge >= 0.3 is 0 Å². The van der Waals surface area contributed by atoms with E-state index < -0.39 is 4.92 Å². The van der Waals surface area contributed by atoms with E-state index in [4.69, 9.17) is 0 Å². The summed E-state index contributed by atoms with van der Waals surface area (Å²) in [4.78, 5) is 14.7. The topological polar surface area (TPSA) is 75.7 Å². The largest absolute Gasteiger partial charge is 0.507 e. The minimum absolute atomic E-state index is 0.0393. The van der Waals surface area contributed by atoms with Gasteiger partial charge in [-0.15, -0.1) is 0 Å². The summed E-state index contributed by atoms with van der Waals surface area (Å²) >= 11 is 0. The standard InChI is InChI=1S/C17H18N2O3/c1-17(2,3)14-6-4-5-7-15(14)18-11-12-10-13(19(21)22)8-9-16(12)20/h4-11,20H,1-3H3. The molecular formula is C17H18N2O3. The van der Waals surface area contributed by atoms with E-state index in [9.17, 15) is 15.2 Å². The summed E-state index contributed by atoms with van der Waals surface area (Å²) in [6.45, 7) is 6.27. The molecule has 0 unspecified atom stereocenters. The lowest BCUT2D eigenvalue weighted by atomic mass is 9.86. The van der Waals surface area contributed by atoms with Crippen LogP contribution in [0.3, 0.4) is 0 Å². The van der Waals surface area contributed by atoms with E-state index in [2.05, 4.69) is 25.8 Å². The molecule has 0 atom stereocenters. The van der Waals surface area contributed by atoms with Gasteiger partial charge in [-0.25, -0.2) is 0 Å². The van der Waals surface area contributed by atoms with Crippen LogP contribution in [0, 0.1) is 10.1 Å². The van der Waals surface area contributed by atoms with Crippen LogP contribution in [-0.4, -0.2) is 16.2 Å². The zero-order valence-corrected chi connectivity index (χ0v) is 12.8. The maximum absolute atomic E-state index is 10.8. The molecule has 0 radical (unpaired) electrons. The Labute approximate surface area is 129 Å². The van der Waals surface area contributed by atoms with Crippen molar-refractivity contribution in [2.45, 2.75) is 26.2 Å². The van der Waals surface area contributed by atoms with Gasteiger partial charge in [-0.2, -0.15) is 0 Å². The van der Waals surface area contributed by atoms with Crippen molar-refractivity contribution in [2.75, 3.05) is 0 Å². The van der Waals surface area contributed by atoms with Gasteiger partial charge in [0.1, 0.15) is 5.75 Å². The average Bonchev–Trinajstić information content (AvgIpc) is 2.45. The van der Waals surface area contributed by atoms with Crippen molar-refractivity contribution in [3.63, 3.8) is 0 Å². The molecule has 2 rings (SSSR count). The Kier molecular flexibility index (Phi) is 4.26. The molecule has 0 heterocycles. The predicted molar refractivity (Wildman–Crippen MR) is 87.2 cm³/mol. The number of aliphatic imine (C=N–C) groups is 1. The van der Waals surface area contributed by atoms with Gasteiger partial charge in [0.15, 0.2) is 0 Å². The van der Waals surface area contributed by atoms with Crippen LogP contribution in [0.25, 0.3) is 0 Å². The van der Waals surface area contributed by atoms with Crippen LogP contribution in [-0.2, 0) is 5.41 Å². The SMILES string of the molecule is CC(C)(C)c1ccccc1N=Cc1cc([N+](=O)[O-])ccc1O. The number of hydrogen-bond donors (Lipinski definition) is 1. The summed E-state index contributed by atoms with van der Waals surface area (Å²) < 4.78 is 0. The molecule has 0 aliphatic heterocycles. The lowest BCUT2D eigenvalue weighted by Gasteiger charge is -2.20. The number of phenolic OH excluding ortho intramolecular Hbond substituents is 1. The van der Waals surface area contributed by atoms with E-state index in [0.29, 0.717) is 5.56 Å². The Bertz CT molecular complexity index is 731. The van der Waals surface area contributed by atoms with Gasteiger partial charge in [-0.3, -0.25) is 15.1 Å². The van der Waals surface area contributed by atoms with Crippen LogP contribution in [0.1, 0.15) is 31.9 Å². The summed E-state index contributed by atoms with van der Waals surface area (Å²) in [5.41, 5.74) is 2.01. The molecule has 0 amide bonds. The van der Waals surface area contributed by atoms with Crippen molar-refractivity contribution in [2.24, 2.45) is 4.99 Å². The minimum atomic E-state index is -0.500. The summed E-state index contributed by atoms with van der Waals surface area (Å²) in [5, 5.41) is 20.6. The molecule has 0 aliphatic rings. The van der Waals surface area contributed by atoms with Crippen molar-refractivity contribution in [3.8, 4) is 5.75 Å². The second-order valence-electron chi connectivity index (χ2n) is 6.03. The highest BCUT2D eigenvalue weighted by molar-refractivity contribution is 5.86. The van der Waals surface area contributed by atoms with Crippen LogP contribution in [0.2, 0.25) is 0 Å². The molecule has 2 aromatic rings. The highest BCUT2D eigenvalue weighted by Gasteiger charge is 2.17. The first-order valence-electron chi connectivity index (χ1n) is 6.90. The van der Waals surface area contributed by atoms with E-state index >= 15 is 0 Å². The number of nitro groups is 1. The van der Waals surface area contributed by atoms with Gasteiger partial charge in [-0.05, 0) is 23.1 Å². The number of phenols is 1. The zero-order valence-electron chi connectivity index (χ0n) is 12.8. The van der Waals surface area contributed by atoms with E-state index in [-0.39, 0.29) is 16.9 Å². The Hall–Kier alpha value is -2.69. The number of non-ortho nitro benzene ring substituents is 1. The lowest BCUT2D eigenvalue weighted by Crippen LogP contribution is -2.11. The highest BCUT2D eigenvalue weighted by atomic mass is 16.6. The third-order valence-corrected chi connectivity index (χ3v) is 3.28. The molecule has 0 aliphatic carbocycles. The molecule has 0 aromatic heterocycles. The Balaban J connectivity index is 2.42. The smallest absolute Gasteiger partial charge is 0.270 e. The minimum Gasteiger partial charge on any atom is -0.507 e. The summed E-state index contributed by atoms with van der Waals surface area (Å²) in [6.07, 6.45) is 1.45. The first-order chi connectivity index (χ1) is 10.3. The Morgan fingerprint density at radius 2 is 1.86 bits per heavy atom. The van der Waals surface area contributed by atoms with Gasteiger partial charge in [0.25, 0.3) is 5.69 Å². The number of hydrogen-bond acceptors (Lipinski definition) is 4. The molecule has 5 heteroatoms. The number of benzene rings is 2. The van der Waals surface area contributed by atoms with Crippen molar-refractivity contribution in [3.05, 3.63) is 63.7 Å². The molecule has 2 aromatic carbocycles. The van der Waals surface area contributed by atoms with E-state index in [1.165, 1.54) is 24.4 Å². The lowest BCUT2D eigenvalue weighted by molar-refractivity contribution is -0.384. The maximum Gasteiger partial charge on any atom is 0.270 e. The van der Waals surface area contributed by atoms with Crippen LogP contribution >= 0.6 is 0 Å². The van der Waals surface area contributed by atoms with E-state index in [1.54, 1.807) is 0 Å². The van der Waals surface area contributed by atoms with E-state index in [0.717, 1.165) is 11.3 Å². The second kappa shape index (κ2) is 5.97. The van der Waals surface area contributed by atoms with Gasteiger partial charge in [0.2, 0.25) is 0 Å². The normalized spacial score (nSPS) is 11.8. The Morgan fingerprint density at radius 1 is 1.18 bits per heavy atom. The molecule has 1 N–H and O–H groups in total. The van der Waals surface area contributed by atoms with Gasteiger partial charge < -0.3 is 5.11 Å². The molecule has 114 valence electrons. The first kappa shape index (κ1) is 15.7. The molecule has 22 heavy (non-hydrogen) atoms. The zero-order chi connectivity index (χ0) is 16.3. The molecular weight excluding hydrogens is 280 g/mol. The number of rotatable bonds is 3. The van der Waals surface area contributed by atoms with Crippen molar-refractivity contribution in [1.29, 1.82) is 0 Å². The molecule has 0 saturated carbocycles. The van der Waals surface area contributed by atoms with E-state index in [1.807, 2.05) is 24.3 Å². The number of aromatic hydroxyl groups is 1. The van der Waals surface area contributed by atoms with Crippen LogP contribution in [0.5, 0.6) is 5.75 Å². The van der Waals surface area contributed by atoms with Gasteiger partial charge in [0.05, 0.1) is 10.6 Å². The maximum atomic E-state index is 10.8. The third-order valence-electron chi connectivity index (χ3n) is 3.28. The fourth-order valence-corrected chi connectivity index (χ4v) is 2.12. The predicted octanol–water partition coefficient (Wildman–Crippen LogP) is 4.35. The van der Waals surface area contributed by atoms with Gasteiger partial charge in [0, 0.05) is 23.9 Å². The fourth-order valence-electron chi connectivity index (χ4n) is 2.12. The van der Waals surface area contributed by atoms with Crippen LogP contribution in [0.15, 0.2) is 47.5 Å². The first-order valence-corrected chi connectivity index (χ1v) is 6.90. The monoisotopic (exact) mass is 298 g/mol. The highest BCUT2D eigenvalue weighted by Crippen LogP contribution is 2.31.